The molecule has 6 heteroatoms. The second-order valence-electron chi connectivity index (χ2n) is 4.89. The van der Waals surface area contributed by atoms with Gasteiger partial charge in [0, 0.05) is 24.7 Å². The van der Waals surface area contributed by atoms with Crippen LogP contribution in [0.5, 0.6) is 0 Å². The Morgan fingerprint density at radius 3 is 2.58 bits per heavy atom. The summed E-state index contributed by atoms with van der Waals surface area (Å²) >= 11 is 6.12. The molecular weight excluding hydrogens is 284 g/mol. The van der Waals surface area contributed by atoms with Crippen molar-refractivity contribution in [3.8, 4) is 0 Å². The molecule has 0 saturated heterocycles. The van der Waals surface area contributed by atoms with Crippen molar-refractivity contribution < 1.29 is 8.42 Å². The van der Waals surface area contributed by atoms with E-state index in [1.54, 1.807) is 25.2 Å². The summed E-state index contributed by atoms with van der Waals surface area (Å²) in [5.74, 6) is 0. The molecule has 0 amide bonds. The summed E-state index contributed by atoms with van der Waals surface area (Å²) in [5, 5.41) is 3.48. The summed E-state index contributed by atoms with van der Waals surface area (Å²) in [7, 11) is 0.0474. The topological polar surface area (TPSA) is 49.4 Å². The van der Waals surface area contributed by atoms with E-state index in [1.165, 1.54) is 4.31 Å². The summed E-state index contributed by atoms with van der Waals surface area (Å²) < 4.78 is 26.4. The SMILES string of the molecule is CNCc1ccc(S(=O)(=O)N(C)C2CCC2)cc1Cl. The van der Waals surface area contributed by atoms with Crippen LogP contribution in [-0.2, 0) is 16.6 Å². The highest BCUT2D eigenvalue weighted by atomic mass is 35.5. The molecule has 0 radical (unpaired) electrons. The Morgan fingerprint density at radius 2 is 2.11 bits per heavy atom. The number of rotatable bonds is 5. The number of sulfonamides is 1. The third kappa shape index (κ3) is 2.94. The van der Waals surface area contributed by atoms with E-state index >= 15 is 0 Å². The van der Waals surface area contributed by atoms with E-state index in [4.69, 9.17) is 11.6 Å². The summed E-state index contributed by atoms with van der Waals surface area (Å²) in [4.78, 5) is 0.270. The largest absolute Gasteiger partial charge is 0.316 e. The van der Waals surface area contributed by atoms with Gasteiger partial charge in [-0.1, -0.05) is 24.1 Å². The van der Waals surface area contributed by atoms with Gasteiger partial charge in [-0.2, -0.15) is 4.31 Å². The normalized spacial score (nSPS) is 16.6. The van der Waals surface area contributed by atoms with Crippen molar-refractivity contribution in [2.75, 3.05) is 14.1 Å². The summed E-state index contributed by atoms with van der Waals surface area (Å²) in [6, 6.07) is 5.07. The van der Waals surface area contributed by atoms with Crippen molar-refractivity contribution in [2.45, 2.75) is 36.7 Å². The number of halogens is 1. The second kappa shape index (κ2) is 5.79. The Balaban J connectivity index is 2.27. The molecule has 0 aliphatic heterocycles. The van der Waals surface area contributed by atoms with E-state index < -0.39 is 10.0 Å². The van der Waals surface area contributed by atoms with Gasteiger partial charge in [0.1, 0.15) is 0 Å². The predicted molar refractivity (Wildman–Crippen MR) is 76.8 cm³/mol. The highest BCUT2D eigenvalue weighted by Gasteiger charge is 2.31. The number of hydrogen-bond acceptors (Lipinski definition) is 3. The Morgan fingerprint density at radius 1 is 1.42 bits per heavy atom. The lowest BCUT2D eigenvalue weighted by Gasteiger charge is -2.33. The van der Waals surface area contributed by atoms with E-state index in [2.05, 4.69) is 5.32 Å². The molecule has 1 aliphatic rings. The van der Waals surface area contributed by atoms with Crippen molar-refractivity contribution in [1.29, 1.82) is 0 Å². The average molecular weight is 303 g/mol. The first kappa shape index (κ1) is 14.8. The van der Waals surface area contributed by atoms with Gasteiger partial charge >= 0.3 is 0 Å². The lowest BCUT2D eigenvalue weighted by molar-refractivity contribution is 0.249. The minimum atomic E-state index is -3.42. The zero-order chi connectivity index (χ0) is 14.0. The van der Waals surface area contributed by atoms with Crippen LogP contribution in [0.25, 0.3) is 0 Å². The smallest absolute Gasteiger partial charge is 0.243 e. The molecule has 0 spiro atoms. The maximum Gasteiger partial charge on any atom is 0.243 e. The molecule has 1 N–H and O–H groups in total. The van der Waals surface area contributed by atoms with Gasteiger partial charge in [0.25, 0.3) is 0 Å². The fourth-order valence-electron chi connectivity index (χ4n) is 2.14. The molecule has 0 aromatic heterocycles. The standard InChI is InChI=1S/C13H19ClN2O2S/c1-15-9-10-6-7-12(8-13(10)14)19(17,18)16(2)11-4-3-5-11/h6-8,11,15H,3-5,9H2,1-2H3. The van der Waals surface area contributed by atoms with Gasteiger partial charge in [-0.25, -0.2) is 8.42 Å². The predicted octanol–water partition coefficient (Wildman–Crippen LogP) is 2.23. The summed E-state index contributed by atoms with van der Waals surface area (Å²) in [6.07, 6.45) is 3.00. The molecule has 1 aliphatic carbocycles. The van der Waals surface area contributed by atoms with Crippen molar-refractivity contribution in [3.05, 3.63) is 28.8 Å². The van der Waals surface area contributed by atoms with E-state index in [1.807, 2.05) is 7.05 Å². The fourth-order valence-corrected chi connectivity index (χ4v) is 3.89. The van der Waals surface area contributed by atoms with Crippen LogP contribution in [0.2, 0.25) is 5.02 Å². The van der Waals surface area contributed by atoms with Gasteiger partial charge in [0.05, 0.1) is 4.90 Å². The summed E-state index contributed by atoms with van der Waals surface area (Å²) in [6.45, 7) is 0.623. The number of hydrogen-bond donors (Lipinski definition) is 1. The second-order valence-corrected chi connectivity index (χ2v) is 7.29. The van der Waals surface area contributed by atoms with Crippen LogP contribution in [0.4, 0.5) is 0 Å². The lowest BCUT2D eigenvalue weighted by Crippen LogP contribution is -2.41. The van der Waals surface area contributed by atoms with Crippen LogP contribution in [0.1, 0.15) is 24.8 Å². The minimum Gasteiger partial charge on any atom is -0.316 e. The van der Waals surface area contributed by atoms with Crippen LogP contribution in [0.15, 0.2) is 23.1 Å². The number of nitrogens with zero attached hydrogens (tertiary/aromatic N) is 1. The molecule has 1 fully saturated rings. The minimum absolute atomic E-state index is 0.140. The molecule has 106 valence electrons. The first-order chi connectivity index (χ1) is 8.96. The number of benzene rings is 1. The van der Waals surface area contributed by atoms with Crippen LogP contribution < -0.4 is 5.32 Å². The molecule has 4 nitrogen and oxygen atoms in total. The highest BCUT2D eigenvalue weighted by molar-refractivity contribution is 7.89. The molecule has 2 rings (SSSR count). The lowest BCUT2D eigenvalue weighted by atomic mass is 9.94. The third-order valence-corrected chi connectivity index (χ3v) is 5.92. The molecule has 0 atom stereocenters. The average Bonchev–Trinajstić information content (AvgIpc) is 2.29. The van der Waals surface area contributed by atoms with Gasteiger partial charge in [-0.15, -0.1) is 0 Å². The molecule has 0 heterocycles. The van der Waals surface area contributed by atoms with Gasteiger partial charge in [-0.05, 0) is 37.6 Å². The quantitative estimate of drug-likeness (QED) is 0.907. The zero-order valence-electron chi connectivity index (χ0n) is 11.2. The van der Waals surface area contributed by atoms with Gasteiger partial charge in [-0.3, -0.25) is 0 Å². The van der Waals surface area contributed by atoms with E-state index in [9.17, 15) is 8.42 Å². The molecule has 19 heavy (non-hydrogen) atoms. The highest BCUT2D eigenvalue weighted by Crippen LogP contribution is 2.30. The molecule has 1 aromatic carbocycles. The summed E-state index contributed by atoms with van der Waals surface area (Å²) in [5.41, 5.74) is 0.898. The first-order valence-electron chi connectivity index (χ1n) is 6.38. The number of nitrogens with one attached hydrogen (secondary N) is 1. The van der Waals surface area contributed by atoms with Crippen molar-refractivity contribution in [2.24, 2.45) is 0 Å². The Hall–Kier alpha value is -0.620. The van der Waals surface area contributed by atoms with Crippen molar-refractivity contribution >= 4 is 21.6 Å². The van der Waals surface area contributed by atoms with Gasteiger partial charge in [0.2, 0.25) is 10.0 Å². The zero-order valence-corrected chi connectivity index (χ0v) is 12.8. The van der Waals surface area contributed by atoms with Gasteiger partial charge < -0.3 is 5.32 Å². The molecule has 1 aromatic rings. The maximum absolute atomic E-state index is 12.4. The van der Waals surface area contributed by atoms with Crippen LogP contribution in [0.3, 0.4) is 0 Å². The van der Waals surface area contributed by atoms with E-state index in [-0.39, 0.29) is 10.9 Å². The Kier molecular flexibility index (Phi) is 4.50. The van der Waals surface area contributed by atoms with E-state index in [0.717, 1.165) is 24.8 Å². The Labute approximate surface area is 119 Å². The molecule has 0 bridgehead atoms. The van der Waals surface area contributed by atoms with Crippen molar-refractivity contribution in [1.82, 2.24) is 9.62 Å². The first-order valence-corrected chi connectivity index (χ1v) is 8.19. The fraction of sp³-hybridized carbons (Fsp3) is 0.538. The molecule has 0 unspecified atom stereocenters. The monoisotopic (exact) mass is 302 g/mol. The van der Waals surface area contributed by atoms with Gasteiger partial charge in [0.15, 0.2) is 0 Å². The molecule has 1 saturated carbocycles. The van der Waals surface area contributed by atoms with Crippen LogP contribution in [-0.4, -0.2) is 32.9 Å². The van der Waals surface area contributed by atoms with Crippen molar-refractivity contribution in [3.63, 3.8) is 0 Å². The third-order valence-electron chi connectivity index (χ3n) is 3.66. The van der Waals surface area contributed by atoms with Crippen LogP contribution >= 0.6 is 11.6 Å². The Bertz CT molecular complexity index is 556. The maximum atomic E-state index is 12.4. The van der Waals surface area contributed by atoms with E-state index in [0.29, 0.717) is 11.6 Å². The molecular formula is C13H19ClN2O2S. The van der Waals surface area contributed by atoms with Crippen LogP contribution in [0, 0.1) is 0 Å².